The highest BCUT2D eigenvalue weighted by molar-refractivity contribution is 6.33. The molecule has 1 amide bonds. The minimum Gasteiger partial charge on any atom is -0.453 e. The van der Waals surface area contributed by atoms with Crippen molar-refractivity contribution in [2.45, 2.75) is 63.2 Å². The number of aliphatic hydroxyl groups is 1. The monoisotopic (exact) mass is 561 g/mol. The van der Waals surface area contributed by atoms with E-state index < -0.39 is 42.8 Å². The summed E-state index contributed by atoms with van der Waals surface area (Å²) in [4.78, 5) is 27.1. The number of hydrogen-bond acceptors (Lipinski definition) is 9. The summed E-state index contributed by atoms with van der Waals surface area (Å²) >= 11 is 6.49. The van der Waals surface area contributed by atoms with Crippen LogP contribution in [-0.4, -0.2) is 87.0 Å². The zero-order chi connectivity index (χ0) is 28.3. The molecule has 3 aliphatic heterocycles. The molecule has 0 aliphatic carbocycles. The van der Waals surface area contributed by atoms with Crippen molar-refractivity contribution in [2.75, 3.05) is 32.1 Å². The molecule has 2 aromatic heterocycles. The van der Waals surface area contributed by atoms with Crippen LogP contribution in [0.3, 0.4) is 0 Å². The van der Waals surface area contributed by atoms with Gasteiger partial charge in [-0.15, -0.1) is 0 Å². The lowest BCUT2D eigenvalue weighted by Gasteiger charge is -2.32. The minimum atomic E-state index is -0.998. The number of hydrogen-bond donors (Lipinski definition) is 2. The zero-order valence-electron chi connectivity index (χ0n) is 22.7. The topological polar surface area (TPSA) is 124 Å². The van der Waals surface area contributed by atoms with Gasteiger partial charge in [0.2, 0.25) is 5.95 Å². The Balaban J connectivity index is 1.35. The van der Waals surface area contributed by atoms with Gasteiger partial charge in [0.15, 0.2) is 12.1 Å². The smallest absolute Gasteiger partial charge is 0.409 e. The van der Waals surface area contributed by atoms with Gasteiger partial charge in [-0.25, -0.2) is 24.1 Å². The van der Waals surface area contributed by atoms with Gasteiger partial charge in [-0.3, -0.25) is 0 Å². The van der Waals surface area contributed by atoms with Gasteiger partial charge in [0.05, 0.1) is 42.2 Å². The van der Waals surface area contributed by atoms with Crippen molar-refractivity contribution in [3.05, 3.63) is 35.0 Å². The number of nitrogens with zero attached hydrogens (tertiary/aromatic N) is 5. The van der Waals surface area contributed by atoms with Crippen molar-refractivity contribution in [2.24, 2.45) is 0 Å². The number of aliphatic hydroxyl groups excluding tert-OH is 1. The van der Waals surface area contributed by atoms with Crippen LogP contribution < -0.4 is 5.32 Å². The quantitative estimate of drug-likeness (QED) is 0.479. The minimum absolute atomic E-state index is 0.0403. The second kappa shape index (κ2) is 10.2. The molecule has 11 nitrogen and oxygen atoms in total. The summed E-state index contributed by atoms with van der Waals surface area (Å²) in [7, 11) is 1.35. The summed E-state index contributed by atoms with van der Waals surface area (Å²) < 4.78 is 41.8. The van der Waals surface area contributed by atoms with Crippen LogP contribution in [0, 0.1) is 5.82 Å². The first-order valence-corrected chi connectivity index (χ1v) is 13.2. The molecule has 3 aliphatic rings. The number of carbonyl (C=O) groups is 1. The Labute approximate surface area is 230 Å². The third-order valence-corrected chi connectivity index (χ3v) is 7.72. The summed E-state index contributed by atoms with van der Waals surface area (Å²) in [5, 5.41) is 13.9. The van der Waals surface area contributed by atoms with Crippen molar-refractivity contribution in [3.63, 3.8) is 0 Å². The largest absolute Gasteiger partial charge is 0.453 e. The van der Waals surface area contributed by atoms with Crippen molar-refractivity contribution in [1.29, 1.82) is 0 Å². The summed E-state index contributed by atoms with van der Waals surface area (Å²) in [5.74, 6) is 0.239. The number of aromatic nitrogens is 4. The molecule has 13 heteroatoms. The molecule has 6 rings (SSSR count). The number of methoxy groups -OCH3 is 1. The predicted molar refractivity (Wildman–Crippen MR) is 140 cm³/mol. The summed E-state index contributed by atoms with van der Waals surface area (Å²) in [5.41, 5.74) is 1.53. The van der Waals surface area contributed by atoms with E-state index in [4.69, 9.17) is 27.2 Å². The molecule has 0 radical (unpaired) electrons. The number of anilines is 1. The number of rotatable bonds is 5. The van der Waals surface area contributed by atoms with Crippen molar-refractivity contribution >= 4 is 34.7 Å². The van der Waals surface area contributed by atoms with Gasteiger partial charge in [-0.2, -0.15) is 0 Å². The molecule has 3 saturated heterocycles. The Kier molecular flexibility index (Phi) is 6.50. The van der Waals surface area contributed by atoms with Crippen LogP contribution in [0.4, 0.5) is 15.1 Å². The number of benzene rings is 1. The zero-order valence-corrected chi connectivity index (χ0v) is 22.4. The fourth-order valence-corrected chi connectivity index (χ4v) is 5.76. The lowest BCUT2D eigenvalue weighted by Crippen LogP contribution is -2.48. The van der Waals surface area contributed by atoms with Crippen LogP contribution in [0.5, 0.6) is 0 Å². The van der Waals surface area contributed by atoms with E-state index >= 15 is 4.39 Å². The first-order valence-electron chi connectivity index (χ1n) is 13.4. The fraction of sp³-hybridized carbons (Fsp3) is 0.538. The number of fused-ring (bicyclic) bond motifs is 3. The fourth-order valence-electron chi connectivity index (χ4n) is 5.56. The molecule has 6 atom stereocenters. The van der Waals surface area contributed by atoms with Crippen LogP contribution in [0.25, 0.3) is 22.3 Å². The molecule has 3 fully saturated rings. The maximum atomic E-state index is 15.6. The molecular weight excluding hydrogens is 531 g/mol. The maximum absolute atomic E-state index is 15.6. The van der Waals surface area contributed by atoms with Crippen LogP contribution in [0.2, 0.25) is 5.02 Å². The number of halogens is 2. The Morgan fingerprint density at radius 2 is 2.21 bits per heavy atom. The number of carbonyl (C=O) groups excluding carboxylic acids is 1. The van der Waals surface area contributed by atoms with Gasteiger partial charge >= 0.3 is 6.09 Å². The third-order valence-electron chi connectivity index (χ3n) is 7.44. The van der Waals surface area contributed by atoms with Crippen LogP contribution in [0.15, 0.2) is 18.3 Å². The van der Waals surface area contributed by atoms with E-state index in [1.54, 1.807) is 11.0 Å². The van der Waals surface area contributed by atoms with Crippen molar-refractivity contribution in [3.8, 4) is 11.3 Å². The van der Waals surface area contributed by atoms with Crippen molar-refractivity contribution in [1.82, 2.24) is 24.4 Å². The SMILES string of the molecule is [2H][C@@H]1[C@H]2OC[C@H](O2)[C@@H](O)[C@@H]1Nc1ncc(Cl)c(-c2cc(F)c3nc([C@@H]4CCN(C(=O)OC)C4)n(C(C)C)c3c2)n1. The number of imidazole rings is 1. The Morgan fingerprint density at radius 3 is 2.97 bits per heavy atom. The highest BCUT2D eigenvalue weighted by Gasteiger charge is 2.43. The van der Waals surface area contributed by atoms with E-state index in [9.17, 15) is 9.90 Å². The molecule has 208 valence electrons. The van der Waals surface area contributed by atoms with E-state index in [1.165, 1.54) is 19.4 Å². The third kappa shape index (κ3) is 4.69. The van der Waals surface area contributed by atoms with E-state index in [2.05, 4.69) is 20.3 Å². The van der Waals surface area contributed by atoms with E-state index in [0.29, 0.717) is 36.4 Å². The number of nitrogens with one attached hydrogen (secondary N) is 1. The highest BCUT2D eigenvalue weighted by Crippen LogP contribution is 2.36. The summed E-state index contributed by atoms with van der Waals surface area (Å²) in [6.45, 7) is 5.17. The molecule has 3 aromatic rings. The molecule has 0 spiro atoms. The van der Waals surface area contributed by atoms with Crippen LogP contribution in [-0.2, 0) is 14.2 Å². The molecule has 0 unspecified atom stereocenters. The van der Waals surface area contributed by atoms with Gasteiger partial charge in [-0.1, -0.05) is 11.6 Å². The van der Waals surface area contributed by atoms with Gasteiger partial charge in [0, 0.05) is 38.4 Å². The summed E-state index contributed by atoms with van der Waals surface area (Å²) in [6, 6.07) is 2.36. The summed E-state index contributed by atoms with van der Waals surface area (Å²) in [6.07, 6.45) is -1.51. The highest BCUT2D eigenvalue weighted by atomic mass is 35.5. The lowest BCUT2D eigenvalue weighted by molar-refractivity contribution is -0.123. The Bertz CT molecular complexity index is 1440. The molecule has 0 saturated carbocycles. The molecule has 39 heavy (non-hydrogen) atoms. The van der Waals surface area contributed by atoms with Gasteiger partial charge in [0.25, 0.3) is 0 Å². The van der Waals surface area contributed by atoms with Crippen LogP contribution >= 0.6 is 11.6 Å². The second-order valence-electron chi connectivity index (χ2n) is 10.3. The van der Waals surface area contributed by atoms with Gasteiger partial charge in [0.1, 0.15) is 23.5 Å². The van der Waals surface area contributed by atoms with E-state index in [0.717, 1.165) is 0 Å². The molecule has 2 bridgehead atoms. The molecule has 2 N–H and O–H groups in total. The number of likely N-dealkylation sites (tertiary alicyclic amines) is 1. The number of amides is 1. The molecule has 5 heterocycles. The molecular formula is C26H30ClFN6O5. The Hall–Kier alpha value is -3.06. The van der Waals surface area contributed by atoms with Crippen LogP contribution in [0.1, 0.15) is 45.8 Å². The molecule has 1 aromatic carbocycles. The van der Waals surface area contributed by atoms with E-state index in [-0.39, 0.29) is 40.7 Å². The van der Waals surface area contributed by atoms with Gasteiger partial charge in [-0.05, 0) is 32.4 Å². The first-order chi connectivity index (χ1) is 19.2. The van der Waals surface area contributed by atoms with Gasteiger partial charge < -0.3 is 34.1 Å². The average Bonchev–Trinajstić information content (AvgIpc) is 3.68. The normalized spacial score (nSPS) is 28.8. The average molecular weight is 562 g/mol. The number of ether oxygens (including phenoxy) is 3. The lowest BCUT2D eigenvalue weighted by atomic mass is 10.0. The first kappa shape index (κ1) is 24.9. The Morgan fingerprint density at radius 1 is 1.38 bits per heavy atom. The second-order valence-corrected chi connectivity index (χ2v) is 10.7. The maximum Gasteiger partial charge on any atom is 0.409 e. The van der Waals surface area contributed by atoms with Crippen molar-refractivity contribution < 1.29 is 29.9 Å². The predicted octanol–water partition coefficient (Wildman–Crippen LogP) is 3.71. The standard InChI is InChI=1S/C26H30ClFN6O5/c1-12(2)34-18-7-14(6-16(28)22(18)31-24(34)13-4-5-33(10-13)26(36)37-3)21-15(27)9-29-25(32-21)30-17-8-20-38-11-19(39-20)23(17)35/h6-7,9,12-13,17,19-20,23,35H,4-5,8,10-11H2,1-3H3,(H,29,30,32)/t13-,17-,19+,20+,23+/m1/s1/i8D/t8-,13+,17+,19-,20-,23-/m0. The van der Waals surface area contributed by atoms with E-state index in [1.807, 2.05) is 18.4 Å².